The van der Waals surface area contributed by atoms with E-state index in [1.54, 1.807) is 60.7 Å². The van der Waals surface area contributed by atoms with Crippen molar-refractivity contribution in [2.75, 3.05) is 10.8 Å². The monoisotopic (exact) mass is 603 g/mol. The van der Waals surface area contributed by atoms with Crippen molar-refractivity contribution < 1.29 is 18.0 Å². The molecule has 0 fully saturated rings. The van der Waals surface area contributed by atoms with E-state index >= 15 is 0 Å². The molecule has 1 N–H and O–H groups in total. The number of nitrogens with zero attached hydrogens (tertiary/aromatic N) is 2. The van der Waals surface area contributed by atoms with Gasteiger partial charge in [-0.1, -0.05) is 72.1 Å². The third-order valence-electron chi connectivity index (χ3n) is 6.16. The van der Waals surface area contributed by atoms with Crippen LogP contribution in [0.5, 0.6) is 0 Å². The second kappa shape index (κ2) is 13.1. The number of anilines is 1. The number of hydrogen-bond donors (Lipinski definition) is 1. The number of carbonyl (C=O) groups is 2. The van der Waals surface area contributed by atoms with Crippen LogP contribution in [0.15, 0.2) is 77.7 Å². The molecule has 1 atom stereocenters. The Morgan fingerprint density at radius 1 is 0.925 bits per heavy atom. The van der Waals surface area contributed by atoms with E-state index < -0.39 is 34.1 Å². The van der Waals surface area contributed by atoms with Crippen LogP contribution in [0.1, 0.15) is 45.2 Å². The minimum Gasteiger partial charge on any atom is -0.350 e. The van der Waals surface area contributed by atoms with E-state index in [4.69, 9.17) is 23.2 Å². The van der Waals surface area contributed by atoms with Gasteiger partial charge < -0.3 is 10.2 Å². The molecule has 10 heteroatoms. The first kappa shape index (κ1) is 31.5. The van der Waals surface area contributed by atoms with Crippen LogP contribution in [0.2, 0.25) is 10.0 Å². The molecule has 0 unspecified atom stereocenters. The number of benzene rings is 3. The molecule has 2 amide bonds. The molecule has 0 spiro atoms. The van der Waals surface area contributed by atoms with E-state index in [-0.39, 0.29) is 28.1 Å². The summed E-state index contributed by atoms with van der Waals surface area (Å²) in [5.74, 6) is -0.885. The number of nitrogens with one attached hydrogen (secondary N) is 1. The molecule has 0 radical (unpaired) electrons. The van der Waals surface area contributed by atoms with Gasteiger partial charge in [-0.25, -0.2) is 8.42 Å². The van der Waals surface area contributed by atoms with Crippen LogP contribution in [0, 0.1) is 6.92 Å². The van der Waals surface area contributed by atoms with E-state index in [1.165, 1.54) is 17.0 Å². The number of amides is 2. The lowest BCUT2D eigenvalue weighted by atomic mass is 10.1. The smallest absolute Gasteiger partial charge is 0.264 e. The first-order chi connectivity index (χ1) is 18.7. The average molecular weight is 605 g/mol. The lowest BCUT2D eigenvalue weighted by molar-refractivity contribution is -0.141. The standard InChI is InChI=1S/C30H35Cl2N3O4S/c1-6-26(29(37)33-30(3,4)5)34(19-22-13-15-23(31)16-14-22)28(36)20-35(27-10-8-7-9-25(27)32)40(38,39)24-17-11-21(2)12-18-24/h7-18,26H,6,19-20H2,1-5H3,(H,33,37)/t26-/m0/s1. The predicted octanol–water partition coefficient (Wildman–Crippen LogP) is 6.22. The second-order valence-corrected chi connectivity index (χ2v) is 13.3. The molecule has 0 bridgehead atoms. The maximum absolute atomic E-state index is 14.1. The first-order valence-electron chi connectivity index (χ1n) is 12.9. The lowest BCUT2D eigenvalue weighted by Crippen LogP contribution is -2.55. The Morgan fingerprint density at radius 3 is 2.08 bits per heavy atom. The number of rotatable bonds is 10. The van der Waals surface area contributed by atoms with Gasteiger partial charge in [-0.15, -0.1) is 0 Å². The van der Waals surface area contributed by atoms with Gasteiger partial charge in [0, 0.05) is 17.1 Å². The molecular formula is C30H35Cl2N3O4S. The van der Waals surface area contributed by atoms with Gasteiger partial charge in [0.05, 0.1) is 15.6 Å². The van der Waals surface area contributed by atoms with Crippen LogP contribution in [0.4, 0.5) is 5.69 Å². The van der Waals surface area contributed by atoms with Crippen molar-refractivity contribution in [2.45, 2.75) is 64.1 Å². The fourth-order valence-corrected chi connectivity index (χ4v) is 6.01. The Bertz CT molecular complexity index is 1440. The van der Waals surface area contributed by atoms with Crippen molar-refractivity contribution in [3.8, 4) is 0 Å². The molecule has 3 aromatic carbocycles. The van der Waals surface area contributed by atoms with Gasteiger partial charge in [0.15, 0.2) is 0 Å². The van der Waals surface area contributed by atoms with Crippen LogP contribution in [-0.2, 0) is 26.2 Å². The van der Waals surface area contributed by atoms with E-state index in [0.717, 1.165) is 15.4 Å². The maximum atomic E-state index is 14.1. The molecule has 3 rings (SSSR count). The highest BCUT2D eigenvalue weighted by Crippen LogP contribution is 2.31. The molecule has 40 heavy (non-hydrogen) atoms. The minimum absolute atomic E-state index is 0.0209. The summed E-state index contributed by atoms with van der Waals surface area (Å²) in [6.45, 7) is 8.75. The molecule has 3 aromatic rings. The van der Waals surface area contributed by atoms with Crippen molar-refractivity contribution in [3.63, 3.8) is 0 Å². The molecule has 0 aliphatic rings. The van der Waals surface area contributed by atoms with E-state index in [2.05, 4.69) is 5.32 Å². The lowest BCUT2D eigenvalue weighted by Gasteiger charge is -2.35. The minimum atomic E-state index is -4.20. The summed E-state index contributed by atoms with van der Waals surface area (Å²) in [6, 6.07) is 18.9. The fourth-order valence-electron chi connectivity index (χ4n) is 4.16. The zero-order valence-corrected chi connectivity index (χ0v) is 25.6. The average Bonchev–Trinajstić information content (AvgIpc) is 2.88. The first-order valence-corrected chi connectivity index (χ1v) is 15.1. The maximum Gasteiger partial charge on any atom is 0.264 e. The van der Waals surface area contributed by atoms with Crippen molar-refractivity contribution in [1.82, 2.24) is 10.2 Å². The number of para-hydroxylation sites is 1. The fraction of sp³-hybridized carbons (Fsp3) is 0.333. The third kappa shape index (κ3) is 7.99. The summed E-state index contributed by atoms with van der Waals surface area (Å²) < 4.78 is 28.8. The third-order valence-corrected chi connectivity index (χ3v) is 8.50. The van der Waals surface area contributed by atoms with Crippen LogP contribution in [0.25, 0.3) is 0 Å². The van der Waals surface area contributed by atoms with Crippen molar-refractivity contribution in [2.24, 2.45) is 0 Å². The molecular weight excluding hydrogens is 569 g/mol. The van der Waals surface area contributed by atoms with Gasteiger partial charge in [-0.3, -0.25) is 13.9 Å². The summed E-state index contributed by atoms with van der Waals surface area (Å²) in [5, 5.41) is 3.66. The molecule has 0 saturated carbocycles. The largest absolute Gasteiger partial charge is 0.350 e. The highest BCUT2D eigenvalue weighted by molar-refractivity contribution is 7.92. The van der Waals surface area contributed by atoms with Gasteiger partial charge in [-0.05, 0) is 76.1 Å². The van der Waals surface area contributed by atoms with Crippen LogP contribution >= 0.6 is 23.2 Å². The molecule has 0 aliphatic carbocycles. The van der Waals surface area contributed by atoms with Crippen molar-refractivity contribution in [3.05, 3.63) is 94.0 Å². The summed E-state index contributed by atoms with van der Waals surface area (Å²) in [4.78, 5) is 28.9. The molecule has 0 aliphatic heterocycles. The number of aryl methyl sites for hydroxylation is 1. The Hall–Kier alpha value is -3.07. The Kier molecular flexibility index (Phi) is 10.3. The number of sulfonamides is 1. The van der Waals surface area contributed by atoms with E-state index in [0.29, 0.717) is 11.4 Å². The van der Waals surface area contributed by atoms with E-state index in [9.17, 15) is 18.0 Å². The van der Waals surface area contributed by atoms with E-state index in [1.807, 2.05) is 34.6 Å². The zero-order chi connectivity index (χ0) is 29.7. The summed E-state index contributed by atoms with van der Waals surface area (Å²) in [6.07, 6.45) is 0.318. The SMILES string of the molecule is CC[C@@H](C(=O)NC(C)(C)C)N(Cc1ccc(Cl)cc1)C(=O)CN(c1ccccc1Cl)S(=O)(=O)c1ccc(C)cc1. The van der Waals surface area contributed by atoms with Crippen LogP contribution in [0.3, 0.4) is 0 Å². The summed E-state index contributed by atoms with van der Waals surface area (Å²) in [7, 11) is -4.20. The van der Waals surface area contributed by atoms with Gasteiger partial charge in [0.1, 0.15) is 12.6 Å². The highest BCUT2D eigenvalue weighted by atomic mass is 35.5. The highest BCUT2D eigenvalue weighted by Gasteiger charge is 2.35. The Morgan fingerprint density at radius 2 is 1.52 bits per heavy atom. The Labute approximate surface area is 247 Å². The predicted molar refractivity (Wildman–Crippen MR) is 161 cm³/mol. The molecule has 7 nitrogen and oxygen atoms in total. The van der Waals surface area contributed by atoms with Gasteiger partial charge in [0.25, 0.3) is 10.0 Å². The second-order valence-electron chi connectivity index (χ2n) is 10.6. The molecule has 0 aromatic heterocycles. The van der Waals surface area contributed by atoms with Gasteiger partial charge in [-0.2, -0.15) is 0 Å². The zero-order valence-electron chi connectivity index (χ0n) is 23.3. The molecule has 0 heterocycles. The Balaban J connectivity index is 2.08. The number of carbonyl (C=O) groups excluding carboxylic acids is 2. The van der Waals surface area contributed by atoms with Crippen LogP contribution < -0.4 is 9.62 Å². The summed E-state index contributed by atoms with van der Waals surface area (Å²) in [5.41, 5.74) is 1.27. The normalized spacial score (nSPS) is 12.5. The topological polar surface area (TPSA) is 86.8 Å². The van der Waals surface area contributed by atoms with Gasteiger partial charge >= 0.3 is 0 Å². The van der Waals surface area contributed by atoms with Crippen molar-refractivity contribution >= 4 is 50.7 Å². The molecule has 214 valence electrons. The number of halogens is 2. The number of hydrogen-bond acceptors (Lipinski definition) is 4. The quantitative estimate of drug-likeness (QED) is 0.298. The van der Waals surface area contributed by atoms with Gasteiger partial charge in [0.2, 0.25) is 11.8 Å². The van der Waals surface area contributed by atoms with Crippen molar-refractivity contribution in [1.29, 1.82) is 0 Å². The van der Waals surface area contributed by atoms with Crippen LogP contribution in [-0.4, -0.2) is 43.3 Å². The molecule has 0 saturated heterocycles. The summed E-state index contributed by atoms with van der Waals surface area (Å²) >= 11 is 12.5.